The zero-order valence-electron chi connectivity index (χ0n) is 11.1. The van der Waals surface area contributed by atoms with Crippen LogP contribution in [0, 0.1) is 5.82 Å². The molecule has 0 aliphatic carbocycles. The van der Waals surface area contributed by atoms with Gasteiger partial charge in [0.2, 0.25) is 0 Å². The predicted molar refractivity (Wildman–Crippen MR) is 70.8 cm³/mol. The summed E-state index contributed by atoms with van der Waals surface area (Å²) in [6.07, 6.45) is -0.137. The fraction of sp³-hybridized carbons (Fsp3) is 0.500. The molecule has 4 heteroatoms. The second kappa shape index (κ2) is 5.27. The highest BCUT2D eigenvalue weighted by molar-refractivity contribution is 6.30. The predicted octanol–water partition coefficient (Wildman–Crippen LogP) is 4.35. The Labute approximate surface area is 112 Å². The zero-order valence-corrected chi connectivity index (χ0v) is 11.8. The van der Waals surface area contributed by atoms with Gasteiger partial charge in [0, 0.05) is 5.41 Å². The van der Waals surface area contributed by atoms with Gasteiger partial charge in [-0.25, -0.2) is 4.39 Å². The van der Waals surface area contributed by atoms with Crippen LogP contribution in [0.15, 0.2) is 12.1 Å². The summed E-state index contributed by atoms with van der Waals surface area (Å²) in [5.41, 5.74) is 0.487. The van der Waals surface area contributed by atoms with Crippen LogP contribution < -0.4 is 0 Å². The SMILES string of the molecule is CC(C)c1cc(Cl)c(F)c(C(C)(C)CC(=O)O)c1. The number of carbonyl (C=O) groups is 1. The van der Waals surface area contributed by atoms with Gasteiger partial charge in [0.1, 0.15) is 5.82 Å². The molecule has 1 N–H and O–H groups in total. The minimum absolute atomic E-state index is 0.0506. The van der Waals surface area contributed by atoms with E-state index in [9.17, 15) is 9.18 Å². The van der Waals surface area contributed by atoms with Gasteiger partial charge in [-0.1, -0.05) is 45.4 Å². The topological polar surface area (TPSA) is 37.3 Å². The lowest BCUT2D eigenvalue weighted by molar-refractivity contribution is -0.138. The van der Waals surface area contributed by atoms with E-state index in [0.717, 1.165) is 5.56 Å². The Morgan fingerprint density at radius 2 is 2.00 bits per heavy atom. The maximum absolute atomic E-state index is 14.1. The summed E-state index contributed by atoms with van der Waals surface area (Å²) >= 11 is 5.88. The third-order valence-electron chi connectivity index (χ3n) is 3.04. The van der Waals surface area contributed by atoms with E-state index in [1.165, 1.54) is 0 Å². The number of halogens is 2. The van der Waals surface area contributed by atoms with Crippen LogP contribution in [-0.2, 0) is 10.2 Å². The molecule has 0 unspecified atom stereocenters. The van der Waals surface area contributed by atoms with Crippen LogP contribution in [0.4, 0.5) is 4.39 Å². The van der Waals surface area contributed by atoms with Crippen LogP contribution in [0.3, 0.4) is 0 Å². The van der Waals surface area contributed by atoms with Crippen LogP contribution >= 0.6 is 11.6 Å². The summed E-state index contributed by atoms with van der Waals surface area (Å²) in [6, 6.07) is 3.32. The van der Waals surface area contributed by atoms with Crippen molar-refractivity contribution in [2.45, 2.75) is 45.4 Å². The third-order valence-corrected chi connectivity index (χ3v) is 3.31. The van der Waals surface area contributed by atoms with Crippen molar-refractivity contribution >= 4 is 17.6 Å². The molecule has 0 radical (unpaired) electrons. The molecule has 1 aromatic carbocycles. The average Bonchev–Trinajstić information content (AvgIpc) is 2.19. The molecule has 0 aromatic heterocycles. The first kappa shape index (κ1) is 15.0. The largest absolute Gasteiger partial charge is 0.481 e. The molecule has 0 heterocycles. The Balaban J connectivity index is 3.34. The van der Waals surface area contributed by atoms with Crippen LogP contribution in [0.5, 0.6) is 0 Å². The maximum Gasteiger partial charge on any atom is 0.304 e. The van der Waals surface area contributed by atoms with Crippen molar-refractivity contribution in [3.8, 4) is 0 Å². The molecule has 0 bridgehead atoms. The van der Waals surface area contributed by atoms with Gasteiger partial charge < -0.3 is 5.11 Å². The number of hydrogen-bond acceptors (Lipinski definition) is 1. The second-order valence-corrected chi connectivity index (χ2v) is 5.88. The fourth-order valence-electron chi connectivity index (χ4n) is 1.91. The lowest BCUT2D eigenvalue weighted by atomic mass is 9.80. The molecule has 0 atom stereocenters. The normalized spacial score (nSPS) is 11.9. The minimum Gasteiger partial charge on any atom is -0.481 e. The zero-order chi connectivity index (χ0) is 14.1. The maximum atomic E-state index is 14.1. The molecule has 0 spiro atoms. The number of aliphatic carboxylic acids is 1. The van der Waals surface area contributed by atoms with Gasteiger partial charge in [-0.3, -0.25) is 4.79 Å². The Kier molecular flexibility index (Phi) is 4.38. The summed E-state index contributed by atoms with van der Waals surface area (Å²) in [7, 11) is 0. The molecule has 0 fully saturated rings. The van der Waals surface area contributed by atoms with Gasteiger partial charge in [-0.05, 0) is 23.1 Å². The number of carboxylic acid groups (broad SMARTS) is 1. The monoisotopic (exact) mass is 272 g/mol. The van der Waals surface area contributed by atoms with Gasteiger partial charge in [-0.2, -0.15) is 0 Å². The summed E-state index contributed by atoms with van der Waals surface area (Å²) in [4.78, 5) is 10.8. The van der Waals surface area contributed by atoms with E-state index < -0.39 is 17.2 Å². The molecule has 2 nitrogen and oxygen atoms in total. The smallest absolute Gasteiger partial charge is 0.304 e. The quantitative estimate of drug-likeness (QED) is 0.884. The highest BCUT2D eigenvalue weighted by atomic mass is 35.5. The minimum atomic E-state index is -0.953. The van der Waals surface area contributed by atoms with Crippen molar-refractivity contribution in [1.29, 1.82) is 0 Å². The lowest BCUT2D eigenvalue weighted by Gasteiger charge is -2.25. The van der Waals surface area contributed by atoms with Crippen molar-refractivity contribution in [1.82, 2.24) is 0 Å². The summed E-state index contributed by atoms with van der Waals surface area (Å²) < 4.78 is 14.1. The summed E-state index contributed by atoms with van der Waals surface area (Å²) in [5, 5.41) is 8.94. The first-order chi connectivity index (χ1) is 8.15. The summed E-state index contributed by atoms with van der Waals surface area (Å²) in [6.45, 7) is 7.38. The van der Waals surface area contributed by atoms with Crippen molar-refractivity contribution in [3.05, 3.63) is 34.1 Å². The molecule has 0 saturated heterocycles. The van der Waals surface area contributed by atoms with Gasteiger partial charge in [0.25, 0.3) is 0 Å². The molecule has 0 aliphatic rings. The number of benzene rings is 1. The van der Waals surface area contributed by atoms with Crippen molar-refractivity contribution in [2.24, 2.45) is 0 Å². The van der Waals surface area contributed by atoms with Crippen molar-refractivity contribution in [2.75, 3.05) is 0 Å². The molecule has 18 heavy (non-hydrogen) atoms. The fourth-order valence-corrected chi connectivity index (χ4v) is 2.14. The van der Waals surface area contributed by atoms with E-state index in [-0.39, 0.29) is 17.4 Å². The van der Waals surface area contributed by atoms with Crippen molar-refractivity contribution in [3.63, 3.8) is 0 Å². The van der Waals surface area contributed by atoms with Crippen LogP contribution in [0.2, 0.25) is 5.02 Å². The Hall–Kier alpha value is -1.09. The average molecular weight is 273 g/mol. The molecule has 0 amide bonds. The Bertz CT molecular complexity index is 467. The Morgan fingerprint density at radius 1 is 1.44 bits per heavy atom. The number of hydrogen-bond donors (Lipinski definition) is 1. The van der Waals surface area contributed by atoms with E-state index >= 15 is 0 Å². The number of rotatable bonds is 4. The van der Waals surface area contributed by atoms with Gasteiger partial charge in [-0.15, -0.1) is 0 Å². The third kappa shape index (κ3) is 3.22. The molecular formula is C14H18ClFO2. The molecule has 1 rings (SSSR count). The second-order valence-electron chi connectivity index (χ2n) is 5.47. The molecular weight excluding hydrogens is 255 g/mol. The van der Waals surface area contributed by atoms with Gasteiger partial charge in [0.05, 0.1) is 11.4 Å². The first-order valence-electron chi connectivity index (χ1n) is 5.86. The van der Waals surface area contributed by atoms with Gasteiger partial charge in [0.15, 0.2) is 0 Å². The number of carboxylic acids is 1. The van der Waals surface area contributed by atoms with E-state index in [0.29, 0.717) is 5.56 Å². The molecule has 100 valence electrons. The first-order valence-corrected chi connectivity index (χ1v) is 6.24. The van der Waals surface area contributed by atoms with Crippen molar-refractivity contribution < 1.29 is 14.3 Å². The van der Waals surface area contributed by atoms with Crippen LogP contribution in [0.25, 0.3) is 0 Å². The summed E-state index contributed by atoms with van der Waals surface area (Å²) in [5.74, 6) is -1.26. The molecule has 1 aromatic rings. The molecule has 0 saturated carbocycles. The van der Waals surface area contributed by atoms with Crippen LogP contribution in [-0.4, -0.2) is 11.1 Å². The van der Waals surface area contributed by atoms with E-state index in [4.69, 9.17) is 16.7 Å². The van der Waals surface area contributed by atoms with E-state index in [2.05, 4.69) is 0 Å². The lowest BCUT2D eigenvalue weighted by Crippen LogP contribution is -2.23. The van der Waals surface area contributed by atoms with E-state index in [1.54, 1.807) is 26.0 Å². The van der Waals surface area contributed by atoms with Gasteiger partial charge >= 0.3 is 5.97 Å². The molecule has 0 aliphatic heterocycles. The Morgan fingerprint density at radius 3 is 2.44 bits per heavy atom. The highest BCUT2D eigenvalue weighted by Crippen LogP contribution is 2.35. The van der Waals surface area contributed by atoms with Crippen LogP contribution in [0.1, 0.15) is 51.2 Å². The standard InChI is InChI=1S/C14H18ClFO2/c1-8(2)9-5-10(13(16)11(15)6-9)14(3,4)7-12(17)18/h5-6,8H,7H2,1-4H3,(H,17,18). The highest BCUT2D eigenvalue weighted by Gasteiger charge is 2.29. The van der Waals surface area contributed by atoms with E-state index in [1.807, 2.05) is 13.8 Å².